The third kappa shape index (κ3) is 23.4. The molecule has 41 heavy (non-hydrogen) atoms. The van der Waals surface area contributed by atoms with Gasteiger partial charge in [0.15, 0.2) is 0 Å². The van der Waals surface area contributed by atoms with Crippen LogP contribution < -0.4 is 4.57 Å². The minimum absolute atomic E-state index is 1.23. The quantitative estimate of drug-likeness (QED) is 0.0584. The van der Waals surface area contributed by atoms with Crippen molar-refractivity contribution in [2.24, 2.45) is 0 Å². The van der Waals surface area contributed by atoms with E-state index < -0.39 is 0 Å². The van der Waals surface area contributed by atoms with Gasteiger partial charge >= 0.3 is 0 Å². The molecule has 0 bridgehead atoms. The standard InChI is InChI=1S/C39H77N2/c1-4-7-10-13-16-19-21-23-26-29-32-35-40-37-38-41(39(40)34-31-28-25-18-15-12-9-6-3)36-33-30-27-24-22-20-17-14-11-8-5-2/h37-38H,4-36H2,1-3H3/q+1. The summed E-state index contributed by atoms with van der Waals surface area (Å²) in [5.74, 6) is 1.62. The lowest BCUT2D eigenvalue weighted by atomic mass is 10.1. The number of rotatable bonds is 33. The molecule has 0 aliphatic carbocycles. The second kappa shape index (κ2) is 30.7. The normalized spacial score (nSPS) is 11.6. The number of aromatic nitrogens is 2. The Morgan fingerprint density at radius 3 is 1.17 bits per heavy atom. The molecule has 0 aliphatic rings. The summed E-state index contributed by atoms with van der Waals surface area (Å²) in [6.45, 7) is 9.40. The van der Waals surface area contributed by atoms with Crippen LogP contribution in [0.4, 0.5) is 0 Å². The molecule has 0 aliphatic heterocycles. The molecule has 0 N–H and O–H groups in total. The fraction of sp³-hybridized carbons (Fsp3) is 0.923. The third-order valence-corrected chi connectivity index (χ3v) is 9.35. The molecule has 1 heterocycles. The van der Waals surface area contributed by atoms with Gasteiger partial charge in [0.05, 0.1) is 13.1 Å². The van der Waals surface area contributed by atoms with Crippen LogP contribution in [0, 0.1) is 0 Å². The second-order valence-electron chi connectivity index (χ2n) is 13.4. The maximum absolute atomic E-state index is 2.63. The highest BCUT2D eigenvalue weighted by molar-refractivity contribution is 4.84. The molecule has 1 aromatic heterocycles. The van der Waals surface area contributed by atoms with Gasteiger partial charge in [-0.15, -0.1) is 0 Å². The first kappa shape index (κ1) is 38.2. The second-order valence-corrected chi connectivity index (χ2v) is 13.4. The van der Waals surface area contributed by atoms with Crippen molar-refractivity contribution in [2.75, 3.05) is 0 Å². The molecule has 1 aromatic rings. The number of hydrogen-bond acceptors (Lipinski definition) is 0. The Kier molecular flexibility index (Phi) is 28.6. The highest BCUT2D eigenvalue weighted by atomic mass is 15.1. The topological polar surface area (TPSA) is 8.81 Å². The summed E-state index contributed by atoms with van der Waals surface area (Å²) in [6, 6.07) is 0. The van der Waals surface area contributed by atoms with E-state index >= 15 is 0 Å². The summed E-state index contributed by atoms with van der Waals surface area (Å²) < 4.78 is 5.26. The van der Waals surface area contributed by atoms with Gasteiger partial charge in [-0.3, -0.25) is 0 Å². The number of imidazole rings is 1. The van der Waals surface area contributed by atoms with Crippen LogP contribution in [0.2, 0.25) is 0 Å². The maximum Gasteiger partial charge on any atom is 0.256 e. The van der Waals surface area contributed by atoms with Crippen molar-refractivity contribution >= 4 is 0 Å². The predicted octanol–water partition coefficient (Wildman–Crippen LogP) is 13.1. The van der Waals surface area contributed by atoms with Crippen molar-refractivity contribution in [1.29, 1.82) is 0 Å². The molecule has 0 radical (unpaired) electrons. The highest BCUT2D eigenvalue weighted by Gasteiger charge is 2.16. The minimum Gasteiger partial charge on any atom is -0.234 e. The monoisotopic (exact) mass is 574 g/mol. The number of aryl methyl sites for hydroxylation is 2. The van der Waals surface area contributed by atoms with Gasteiger partial charge in [0.25, 0.3) is 5.82 Å². The SMILES string of the molecule is CCCCCCCCCCCCCn1cc[n+](CCCCCCCCCCCCC)c1CCCCCCCCCC. The van der Waals surface area contributed by atoms with E-state index in [1.807, 2.05) is 0 Å². The van der Waals surface area contributed by atoms with E-state index in [1.165, 1.54) is 212 Å². The maximum atomic E-state index is 2.63. The van der Waals surface area contributed by atoms with E-state index in [1.54, 1.807) is 5.82 Å². The third-order valence-electron chi connectivity index (χ3n) is 9.35. The van der Waals surface area contributed by atoms with Crippen molar-refractivity contribution in [1.82, 2.24) is 4.57 Å². The van der Waals surface area contributed by atoms with Crippen LogP contribution in [-0.2, 0) is 19.5 Å². The van der Waals surface area contributed by atoms with Crippen molar-refractivity contribution in [3.63, 3.8) is 0 Å². The van der Waals surface area contributed by atoms with Gasteiger partial charge in [0.1, 0.15) is 12.4 Å². The van der Waals surface area contributed by atoms with Crippen LogP contribution in [0.15, 0.2) is 12.4 Å². The van der Waals surface area contributed by atoms with Crippen molar-refractivity contribution in [2.45, 2.75) is 233 Å². The Bertz CT molecular complexity index is 590. The summed E-state index contributed by atoms with van der Waals surface area (Å²) in [7, 11) is 0. The van der Waals surface area contributed by atoms with Gasteiger partial charge in [-0.1, -0.05) is 181 Å². The Balaban J connectivity index is 2.30. The zero-order valence-electron chi connectivity index (χ0n) is 28.9. The van der Waals surface area contributed by atoms with Crippen LogP contribution in [0.25, 0.3) is 0 Å². The summed E-state index contributed by atoms with van der Waals surface area (Å²) in [5.41, 5.74) is 0. The van der Waals surface area contributed by atoms with E-state index in [9.17, 15) is 0 Å². The van der Waals surface area contributed by atoms with Gasteiger partial charge in [-0.2, -0.15) is 0 Å². The van der Waals surface area contributed by atoms with Crippen LogP contribution in [0.1, 0.15) is 219 Å². The molecule has 2 nitrogen and oxygen atoms in total. The summed E-state index contributed by atoms with van der Waals surface area (Å²) in [6.07, 6.45) is 48.9. The molecule has 0 fully saturated rings. The summed E-state index contributed by atoms with van der Waals surface area (Å²) in [5, 5.41) is 0. The number of hydrogen-bond donors (Lipinski definition) is 0. The first-order chi connectivity index (χ1) is 20.3. The molecular formula is C39H77N2+. The minimum atomic E-state index is 1.23. The average molecular weight is 574 g/mol. The van der Waals surface area contributed by atoms with E-state index in [0.717, 1.165) is 0 Å². The van der Waals surface area contributed by atoms with Gasteiger partial charge in [-0.25, -0.2) is 9.13 Å². The average Bonchev–Trinajstić information content (AvgIpc) is 3.37. The molecule has 0 saturated heterocycles. The zero-order valence-corrected chi connectivity index (χ0v) is 28.9. The molecule has 0 amide bonds. The van der Waals surface area contributed by atoms with Gasteiger partial charge < -0.3 is 0 Å². The smallest absolute Gasteiger partial charge is 0.234 e. The lowest BCUT2D eigenvalue weighted by molar-refractivity contribution is -0.704. The van der Waals surface area contributed by atoms with Crippen LogP contribution in [0.5, 0.6) is 0 Å². The molecule has 0 atom stereocenters. The van der Waals surface area contributed by atoms with E-state index in [0.29, 0.717) is 0 Å². The molecule has 0 saturated carbocycles. The van der Waals surface area contributed by atoms with Crippen molar-refractivity contribution < 1.29 is 4.57 Å². The number of unbranched alkanes of at least 4 members (excludes halogenated alkanes) is 27. The Morgan fingerprint density at radius 2 is 0.756 bits per heavy atom. The Labute approximate surface area is 259 Å². The van der Waals surface area contributed by atoms with Gasteiger partial charge in [0, 0.05) is 6.42 Å². The first-order valence-electron chi connectivity index (χ1n) is 19.4. The van der Waals surface area contributed by atoms with Crippen molar-refractivity contribution in [3.05, 3.63) is 18.2 Å². The van der Waals surface area contributed by atoms with E-state index in [2.05, 4.69) is 42.3 Å². The van der Waals surface area contributed by atoms with E-state index in [4.69, 9.17) is 0 Å². The fourth-order valence-electron chi connectivity index (χ4n) is 6.50. The van der Waals surface area contributed by atoms with Gasteiger partial charge in [-0.05, 0) is 32.1 Å². The molecule has 242 valence electrons. The lowest BCUT2D eigenvalue weighted by Gasteiger charge is -2.07. The Morgan fingerprint density at radius 1 is 0.415 bits per heavy atom. The van der Waals surface area contributed by atoms with Crippen LogP contribution in [0.3, 0.4) is 0 Å². The Hall–Kier alpha value is -0.790. The molecule has 1 rings (SSSR count). The highest BCUT2D eigenvalue weighted by Crippen LogP contribution is 2.15. The molecule has 0 spiro atoms. The van der Waals surface area contributed by atoms with Crippen molar-refractivity contribution in [3.8, 4) is 0 Å². The molecular weight excluding hydrogens is 496 g/mol. The van der Waals surface area contributed by atoms with Crippen LogP contribution in [-0.4, -0.2) is 4.57 Å². The largest absolute Gasteiger partial charge is 0.256 e. The first-order valence-corrected chi connectivity index (χ1v) is 19.4. The van der Waals surface area contributed by atoms with Gasteiger partial charge in [0.2, 0.25) is 0 Å². The van der Waals surface area contributed by atoms with Crippen LogP contribution >= 0.6 is 0 Å². The summed E-state index contributed by atoms with van der Waals surface area (Å²) in [4.78, 5) is 0. The molecule has 0 aromatic carbocycles. The predicted molar refractivity (Wildman–Crippen MR) is 184 cm³/mol. The molecule has 2 heteroatoms. The number of nitrogens with zero attached hydrogens (tertiary/aromatic N) is 2. The van der Waals surface area contributed by atoms with E-state index in [-0.39, 0.29) is 0 Å². The molecule has 0 unspecified atom stereocenters. The summed E-state index contributed by atoms with van der Waals surface area (Å²) >= 11 is 0. The zero-order chi connectivity index (χ0) is 29.5. The lowest BCUT2D eigenvalue weighted by Crippen LogP contribution is -2.37. The fourth-order valence-corrected chi connectivity index (χ4v) is 6.50.